The molecule has 0 amide bonds. The molecule has 3 N–H and O–H groups in total. The second-order valence-electron chi connectivity index (χ2n) is 2.50. The van der Waals surface area contributed by atoms with E-state index in [1.807, 2.05) is 6.07 Å². The Bertz CT molecular complexity index is 285. The van der Waals surface area contributed by atoms with Crippen molar-refractivity contribution >= 4 is 5.71 Å². The molecule has 0 fully saturated rings. The molecule has 0 unspecified atom stereocenters. The van der Waals surface area contributed by atoms with Gasteiger partial charge in [0, 0.05) is 17.0 Å². The second-order valence-corrected chi connectivity index (χ2v) is 2.50. The average Bonchev–Trinajstić information content (AvgIpc) is 1.98. The minimum atomic E-state index is 0.324. The van der Waals surface area contributed by atoms with E-state index in [1.54, 1.807) is 26.8 Å². The molecule has 0 spiro atoms. The second kappa shape index (κ2) is 4.35. The molecule has 0 atom stereocenters. The zero-order chi connectivity index (χ0) is 9.72. The van der Waals surface area contributed by atoms with Crippen molar-refractivity contribution in [2.75, 3.05) is 0 Å². The van der Waals surface area contributed by atoms with Gasteiger partial charge in [-0.25, -0.2) is 0 Å². The Balaban J connectivity index is 5.21. The summed E-state index contributed by atoms with van der Waals surface area (Å²) in [4.78, 5) is 0. The van der Waals surface area contributed by atoms with Gasteiger partial charge >= 0.3 is 0 Å². The van der Waals surface area contributed by atoms with Crippen molar-refractivity contribution in [3.63, 3.8) is 0 Å². The minimum absolute atomic E-state index is 0.324. The highest BCUT2D eigenvalue weighted by atomic mass is 14.6. The lowest BCUT2D eigenvalue weighted by molar-refractivity contribution is 1.25. The average molecular weight is 163 g/mol. The maximum Gasteiger partial charge on any atom is 0.0995 e. The van der Waals surface area contributed by atoms with E-state index in [9.17, 15) is 0 Å². The smallest absolute Gasteiger partial charge is 0.0995 e. The van der Waals surface area contributed by atoms with Crippen molar-refractivity contribution < 1.29 is 0 Å². The summed E-state index contributed by atoms with van der Waals surface area (Å²) in [6.07, 6.45) is 1.66. The first-order valence-electron chi connectivity index (χ1n) is 3.63. The van der Waals surface area contributed by atoms with Crippen LogP contribution in [-0.4, -0.2) is 5.71 Å². The number of nitrogens with two attached hydrogens (primary N) is 1. The highest BCUT2D eigenvalue weighted by Gasteiger charge is 2.07. The molecule has 0 bridgehead atoms. The van der Waals surface area contributed by atoms with Gasteiger partial charge in [-0.1, -0.05) is 6.08 Å². The summed E-state index contributed by atoms with van der Waals surface area (Å²) in [6, 6.07) is 2.00. The number of hydrogen-bond donors (Lipinski definition) is 2. The Morgan fingerprint density at radius 1 is 1.50 bits per heavy atom. The van der Waals surface area contributed by atoms with Crippen LogP contribution in [0.25, 0.3) is 0 Å². The zero-order valence-electron chi connectivity index (χ0n) is 7.60. The monoisotopic (exact) mass is 163 g/mol. The molecule has 0 saturated carbocycles. The molecule has 0 aliphatic carbocycles. The van der Waals surface area contributed by atoms with E-state index < -0.39 is 0 Å². The number of nitrogens with zero attached hydrogens (tertiary/aromatic N) is 1. The molecule has 0 heterocycles. The standard InChI is InChI=1S/C9H13N3/c1-4-8(5-10)9(6(2)11)7(3)12/h4,11H,12H2,1-3H3/b8-4-,9-7+,11-6?. The molecule has 64 valence electrons. The Morgan fingerprint density at radius 3 is 2.08 bits per heavy atom. The quantitative estimate of drug-likeness (QED) is 0.369. The maximum absolute atomic E-state index is 8.69. The summed E-state index contributed by atoms with van der Waals surface area (Å²) in [5, 5.41) is 16.1. The van der Waals surface area contributed by atoms with Crippen LogP contribution < -0.4 is 5.73 Å². The van der Waals surface area contributed by atoms with Crippen LogP contribution in [0, 0.1) is 16.7 Å². The van der Waals surface area contributed by atoms with Gasteiger partial charge in [0.2, 0.25) is 0 Å². The van der Waals surface area contributed by atoms with Crippen LogP contribution in [0.4, 0.5) is 0 Å². The lowest BCUT2D eigenvalue weighted by Crippen LogP contribution is -2.07. The molecule has 0 aromatic rings. The Kier molecular flexibility index (Phi) is 3.78. The highest BCUT2D eigenvalue weighted by Crippen LogP contribution is 2.12. The maximum atomic E-state index is 8.69. The van der Waals surface area contributed by atoms with E-state index in [2.05, 4.69) is 0 Å². The zero-order valence-corrected chi connectivity index (χ0v) is 7.60. The van der Waals surface area contributed by atoms with Gasteiger partial charge in [0.25, 0.3) is 0 Å². The number of hydrogen-bond acceptors (Lipinski definition) is 3. The first-order valence-corrected chi connectivity index (χ1v) is 3.63. The molecule has 0 rings (SSSR count). The van der Waals surface area contributed by atoms with Gasteiger partial charge in [0.15, 0.2) is 0 Å². The fourth-order valence-corrected chi connectivity index (χ4v) is 0.975. The van der Waals surface area contributed by atoms with E-state index >= 15 is 0 Å². The summed E-state index contributed by atoms with van der Waals surface area (Å²) >= 11 is 0. The molecule has 0 saturated heterocycles. The van der Waals surface area contributed by atoms with Crippen LogP contribution in [0.1, 0.15) is 20.8 Å². The first-order chi connectivity index (χ1) is 5.54. The molecular formula is C9H13N3. The number of allylic oxidation sites excluding steroid dienone is 4. The molecule has 0 radical (unpaired) electrons. The third-order valence-corrected chi connectivity index (χ3v) is 1.45. The summed E-state index contributed by atoms with van der Waals surface area (Å²) < 4.78 is 0. The van der Waals surface area contributed by atoms with Crippen LogP contribution >= 0.6 is 0 Å². The summed E-state index contributed by atoms with van der Waals surface area (Å²) in [5.41, 5.74) is 7.37. The number of nitrogens with one attached hydrogen (secondary N) is 1. The first kappa shape index (κ1) is 10.4. The van der Waals surface area contributed by atoms with Gasteiger partial charge < -0.3 is 11.1 Å². The van der Waals surface area contributed by atoms with Gasteiger partial charge in [0.1, 0.15) is 0 Å². The van der Waals surface area contributed by atoms with E-state index in [4.69, 9.17) is 16.4 Å². The molecule has 0 aromatic carbocycles. The van der Waals surface area contributed by atoms with E-state index in [0.717, 1.165) is 0 Å². The van der Waals surface area contributed by atoms with Crippen molar-refractivity contribution in [3.05, 3.63) is 22.9 Å². The van der Waals surface area contributed by atoms with E-state index in [-0.39, 0.29) is 0 Å². The third kappa shape index (κ3) is 2.24. The van der Waals surface area contributed by atoms with Crippen molar-refractivity contribution in [1.29, 1.82) is 10.7 Å². The van der Waals surface area contributed by atoms with Crippen LogP contribution in [0.15, 0.2) is 22.9 Å². The predicted octanol–water partition coefficient (Wildman–Crippen LogP) is 1.73. The van der Waals surface area contributed by atoms with Crippen LogP contribution in [-0.2, 0) is 0 Å². The summed E-state index contributed by atoms with van der Waals surface area (Å²) in [7, 11) is 0. The Morgan fingerprint density at radius 2 is 2.00 bits per heavy atom. The molecular weight excluding hydrogens is 150 g/mol. The predicted molar refractivity (Wildman–Crippen MR) is 49.7 cm³/mol. The van der Waals surface area contributed by atoms with Gasteiger partial charge in [-0.2, -0.15) is 5.26 Å². The van der Waals surface area contributed by atoms with E-state index in [1.165, 1.54) is 0 Å². The topological polar surface area (TPSA) is 73.7 Å². The SMILES string of the molecule is C/C=C(C#N)\C(C(C)=N)=C(/C)N. The van der Waals surface area contributed by atoms with Gasteiger partial charge in [0.05, 0.1) is 11.6 Å². The van der Waals surface area contributed by atoms with Crippen molar-refractivity contribution in [2.45, 2.75) is 20.8 Å². The fourth-order valence-electron chi connectivity index (χ4n) is 0.975. The Hall–Kier alpha value is -1.56. The third-order valence-electron chi connectivity index (χ3n) is 1.45. The lowest BCUT2D eigenvalue weighted by atomic mass is 10.0. The number of nitriles is 1. The Labute approximate surface area is 72.7 Å². The normalized spacial score (nSPS) is 13.3. The van der Waals surface area contributed by atoms with Gasteiger partial charge in [-0.15, -0.1) is 0 Å². The van der Waals surface area contributed by atoms with Crippen LogP contribution in [0.5, 0.6) is 0 Å². The minimum Gasteiger partial charge on any atom is -0.402 e. The molecule has 3 heteroatoms. The molecule has 0 aliphatic heterocycles. The van der Waals surface area contributed by atoms with Crippen molar-refractivity contribution in [2.24, 2.45) is 5.73 Å². The molecule has 3 nitrogen and oxygen atoms in total. The van der Waals surface area contributed by atoms with Gasteiger partial charge in [-0.05, 0) is 20.8 Å². The summed E-state index contributed by atoms with van der Waals surface area (Å²) in [6.45, 7) is 5.06. The highest BCUT2D eigenvalue weighted by molar-refractivity contribution is 6.01. The summed E-state index contributed by atoms with van der Waals surface area (Å²) in [5.74, 6) is 0. The van der Waals surface area contributed by atoms with Crippen LogP contribution in [0.2, 0.25) is 0 Å². The van der Waals surface area contributed by atoms with Crippen molar-refractivity contribution in [1.82, 2.24) is 0 Å². The van der Waals surface area contributed by atoms with Crippen molar-refractivity contribution in [3.8, 4) is 6.07 Å². The van der Waals surface area contributed by atoms with Gasteiger partial charge in [-0.3, -0.25) is 0 Å². The fraction of sp³-hybridized carbons (Fsp3) is 0.333. The van der Waals surface area contributed by atoms with E-state index in [0.29, 0.717) is 22.6 Å². The number of rotatable bonds is 2. The molecule has 0 aromatic heterocycles. The van der Waals surface area contributed by atoms with Crippen LogP contribution in [0.3, 0.4) is 0 Å². The molecule has 12 heavy (non-hydrogen) atoms. The largest absolute Gasteiger partial charge is 0.402 e. The molecule has 0 aliphatic rings. The lowest BCUT2D eigenvalue weighted by Gasteiger charge is -2.05.